The maximum absolute atomic E-state index is 12.8. The molecule has 7 heteroatoms. The second-order valence-corrected chi connectivity index (χ2v) is 7.67. The Bertz CT molecular complexity index is 625. The third-order valence-electron chi connectivity index (χ3n) is 4.27. The van der Waals surface area contributed by atoms with Crippen LogP contribution in [0.3, 0.4) is 0 Å². The predicted octanol–water partition coefficient (Wildman–Crippen LogP) is 2.29. The van der Waals surface area contributed by atoms with Gasteiger partial charge in [0.05, 0.1) is 4.90 Å². The van der Waals surface area contributed by atoms with Gasteiger partial charge in [-0.2, -0.15) is 0 Å². The van der Waals surface area contributed by atoms with Gasteiger partial charge in [-0.15, -0.1) is 0 Å². The van der Waals surface area contributed by atoms with Crippen LogP contribution in [0.4, 0.5) is 4.39 Å². The predicted molar refractivity (Wildman–Crippen MR) is 85.8 cm³/mol. The van der Waals surface area contributed by atoms with E-state index in [0.717, 1.165) is 37.8 Å². The van der Waals surface area contributed by atoms with Gasteiger partial charge in [0.15, 0.2) is 0 Å². The Morgan fingerprint density at radius 3 is 2.43 bits per heavy atom. The van der Waals surface area contributed by atoms with E-state index in [1.165, 1.54) is 18.6 Å². The van der Waals surface area contributed by atoms with Crippen molar-refractivity contribution in [2.24, 2.45) is 0 Å². The number of rotatable bonds is 6. The van der Waals surface area contributed by atoms with Crippen LogP contribution in [0.1, 0.15) is 38.5 Å². The molecule has 1 amide bonds. The number of carbonyl (C=O) groups excluding carboxylic acids is 1. The van der Waals surface area contributed by atoms with Crippen LogP contribution in [0.5, 0.6) is 0 Å². The molecule has 5 nitrogen and oxygen atoms in total. The van der Waals surface area contributed by atoms with Gasteiger partial charge in [-0.25, -0.2) is 17.5 Å². The van der Waals surface area contributed by atoms with E-state index in [2.05, 4.69) is 4.72 Å². The fourth-order valence-corrected chi connectivity index (χ4v) is 3.87. The van der Waals surface area contributed by atoms with Crippen molar-refractivity contribution in [1.29, 1.82) is 0 Å². The zero-order valence-electron chi connectivity index (χ0n) is 13.3. The summed E-state index contributed by atoms with van der Waals surface area (Å²) in [4.78, 5) is 13.9. The van der Waals surface area contributed by atoms with E-state index in [0.29, 0.717) is 0 Å². The van der Waals surface area contributed by atoms with Gasteiger partial charge < -0.3 is 4.90 Å². The number of sulfonamides is 1. The second kappa shape index (κ2) is 7.88. The lowest BCUT2D eigenvalue weighted by atomic mass is 9.94. The van der Waals surface area contributed by atoms with Gasteiger partial charge in [-0.05, 0) is 37.1 Å². The Kier molecular flexibility index (Phi) is 6.12. The van der Waals surface area contributed by atoms with Gasteiger partial charge in [-0.1, -0.05) is 19.3 Å². The number of nitrogens with one attached hydrogen (secondary N) is 1. The third-order valence-corrected chi connectivity index (χ3v) is 5.75. The number of amides is 1. The summed E-state index contributed by atoms with van der Waals surface area (Å²) >= 11 is 0. The summed E-state index contributed by atoms with van der Waals surface area (Å²) in [5, 5.41) is 0. The number of carbonyl (C=O) groups is 1. The highest BCUT2D eigenvalue weighted by molar-refractivity contribution is 7.89. The van der Waals surface area contributed by atoms with Crippen LogP contribution >= 0.6 is 0 Å². The molecule has 1 fully saturated rings. The molecule has 1 aliphatic carbocycles. The molecule has 2 rings (SSSR count). The normalized spacial score (nSPS) is 16.3. The maximum atomic E-state index is 12.8. The summed E-state index contributed by atoms with van der Waals surface area (Å²) in [7, 11) is -1.93. The van der Waals surface area contributed by atoms with Crippen LogP contribution in [0.2, 0.25) is 0 Å². The second-order valence-electron chi connectivity index (χ2n) is 5.90. The van der Waals surface area contributed by atoms with E-state index in [-0.39, 0.29) is 29.8 Å². The standard InChI is InChI=1S/C16H23FN2O3S/c1-19(14-5-3-2-4-6-14)16(20)11-12-18-23(21,22)15-9-7-13(17)8-10-15/h7-10,14,18H,2-6,11-12H2,1H3. The van der Waals surface area contributed by atoms with E-state index in [1.54, 1.807) is 11.9 Å². The van der Waals surface area contributed by atoms with Crippen molar-refractivity contribution >= 4 is 15.9 Å². The Hall–Kier alpha value is -1.47. The molecule has 1 aromatic carbocycles. The minimum Gasteiger partial charge on any atom is -0.343 e. The molecule has 1 N–H and O–H groups in total. The molecule has 0 saturated heterocycles. The molecule has 0 spiro atoms. The Morgan fingerprint density at radius 2 is 1.83 bits per heavy atom. The van der Waals surface area contributed by atoms with Crippen molar-refractivity contribution in [2.75, 3.05) is 13.6 Å². The van der Waals surface area contributed by atoms with Crippen molar-refractivity contribution in [1.82, 2.24) is 9.62 Å². The summed E-state index contributed by atoms with van der Waals surface area (Å²) in [5.41, 5.74) is 0. The van der Waals surface area contributed by atoms with E-state index < -0.39 is 15.8 Å². The summed E-state index contributed by atoms with van der Waals surface area (Å²) in [6.45, 7) is 0.0373. The first-order valence-electron chi connectivity index (χ1n) is 7.91. The number of halogens is 1. The molecular weight excluding hydrogens is 319 g/mol. The fraction of sp³-hybridized carbons (Fsp3) is 0.562. The lowest BCUT2D eigenvalue weighted by Gasteiger charge is -2.31. The minimum absolute atomic E-state index is 0.00742. The molecule has 23 heavy (non-hydrogen) atoms. The zero-order valence-corrected chi connectivity index (χ0v) is 14.1. The van der Waals surface area contributed by atoms with Crippen molar-refractivity contribution in [3.63, 3.8) is 0 Å². The minimum atomic E-state index is -3.71. The number of hydrogen-bond donors (Lipinski definition) is 1. The van der Waals surface area contributed by atoms with Crippen molar-refractivity contribution < 1.29 is 17.6 Å². The van der Waals surface area contributed by atoms with Gasteiger partial charge in [0.1, 0.15) is 5.82 Å². The topological polar surface area (TPSA) is 66.5 Å². The van der Waals surface area contributed by atoms with E-state index in [4.69, 9.17) is 0 Å². The smallest absolute Gasteiger partial charge is 0.240 e. The first-order chi connectivity index (χ1) is 10.9. The molecular formula is C16H23FN2O3S. The molecule has 0 aliphatic heterocycles. The molecule has 0 heterocycles. The Labute approximate surface area is 136 Å². The number of benzene rings is 1. The maximum Gasteiger partial charge on any atom is 0.240 e. The van der Waals surface area contributed by atoms with Crippen LogP contribution in [0.25, 0.3) is 0 Å². The molecule has 0 aromatic heterocycles. The molecule has 0 atom stereocenters. The summed E-state index contributed by atoms with van der Waals surface area (Å²) in [6, 6.07) is 4.86. The van der Waals surface area contributed by atoms with Crippen LogP contribution in [-0.2, 0) is 14.8 Å². The van der Waals surface area contributed by atoms with Crippen LogP contribution < -0.4 is 4.72 Å². The van der Waals surface area contributed by atoms with Gasteiger partial charge in [0.25, 0.3) is 0 Å². The Balaban J connectivity index is 1.83. The van der Waals surface area contributed by atoms with Crippen LogP contribution in [0.15, 0.2) is 29.2 Å². The molecule has 1 aliphatic rings. The summed E-state index contributed by atoms with van der Waals surface area (Å²) in [6.07, 6.45) is 5.65. The van der Waals surface area contributed by atoms with Crippen molar-refractivity contribution in [3.8, 4) is 0 Å². The van der Waals surface area contributed by atoms with Gasteiger partial charge >= 0.3 is 0 Å². The first-order valence-corrected chi connectivity index (χ1v) is 9.39. The average Bonchev–Trinajstić information content (AvgIpc) is 2.55. The summed E-state index contributed by atoms with van der Waals surface area (Å²) in [5.74, 6) is -0.549. The lowest BCUT2D eigenvalue weighted by Crippen LogP contribution is -2.39. The van der Waals surface area contributed by atoms with Crippen molar-refractivity contribution in [2.45, 2.75) is 49.5 Å². The van der Waals surface area contributed by atoms with Crippen molar-refractivity contribution in [3.05, 3.63) is 30.1 Å². The van der Waals surface area contributed by atoms with Gasteiger partial charge in [0.2, 0.25) is 15.9 Å². The third kappa shape index (κ3) is 5.00. The monoisotopic (exact) mass is 342 g/mol. The molecule has 1 saturated carbocycles. The lowest BCUT2D eigenvalue weighted by molar-refractivity contribution is -0.132. The zero-order chi connectivity index (χ0) is 16.9. The molecule has 1 aromatic rings. The SMILES string of the molecule is CN(C(=O)CCNS(=O)(=O)c1ccc(F)cc1)C1CCCCC1. The highest BCUT2D eigenvalue weighted by atomic mass is 32.2. The number of hydrogen-bond acceptors (Lipinski definition) is 3. The molecule has 0 unspecified atom stereocenters. The van der Waals surface area contributed by atoms with Crippen LogP contribution in [-0.4, -0.2) is 38.9 Å². The average molecular weight is 342 g/mol. The molecule has 0 bridgehead atoms. The van der Waals surface area contributed by atoms with E-state index >= 15 is 0 Å². The summed E-state index contributed by atoms with van der Waals surface area (Å²) < 4.78 is 39.3. The first kappa shape index (κ1) is 17.9. The number of nitrogens with zero attached hydrogens (tertiary/aromatic N) is 1. The Morgan fingerprint density at radius 1 is 1.22 bits per heavy atom. The van der Waals surface area contributed by atoms with Gasteiger partial charge in [0, 0.05) is 26.1 Å². The van der Waals surface area contributed by atoms with E-state index in [9.17, 15) is 17.6 Å². The highest BCUT2D eigenvalue weighted by Gasteiger charge is 2.22. The molecule has 128 valence electrons. The van der Waals surface area contributed by atoms with Gasteiger partial charge in [-0.3, -0.25) is 4.79 Å². The quantitative estimate of drug-likeness (QED) is 0.862. The van der Waals surface area contributed by atoms with E-state index in [1.807, 2.05) is 0 Å². The largest absolute Gasteiger partial charge is 0.343 e. The molecule has 0 radical (unpaired) electrons. The fourth-order valence-electron chi connectivity index (χ4n) is 2.84. The highest BCUT2D eigenvalue weighted by Crippen LogP contribution is 2.22. The van der Waals surface area contributed by atoms with Crippen LogP contribution in [0, 0.1) is 5.82 Å².